The first-order valence-electron chi connectivity index (χ1n) is 10.3. The van der Waals surface area contributed by atoms with Gasteiger partial charge in [0.05, 0.1) is 20.2 Å². The van der Waals surface area contributed by atoms with E-state index in [2.05, 4.69) is 55.1 Å². The molecule has 0 amide bonds. The van der Waals surface area contributed by atoms with Crippen LogP contribution in [0.3, 0.4) is 0 Å². The van der Waals surface area contributed by atoms with Crippen molar-refractivity contribution in [1.29, 1.82) is 0 Å². The van der Waals surface area contributed by atoms with Crippen LogP contribution in [0.4, 0.5) is 10.1 Å². The van der Waals surface area contributed by atoms with E-state index in [-0.39, 0.29) is 18.3 Å². The predicted molar refractivity (Wildman–Crippen MR) is 126 cm³/mol. The van der Waals surface area contributed by atoms with E-state index in [9.17, 15) is 9.18 Å². The van der Waals surface area contributed by atoms with Crippen molar-refractivity contribution in [3.8, 4) is 10.4 Å². The van der Waals surface area contributed by atoms with Crippen molar-refractivity contribution in [3.05, 3.63) is 76.9 Å². The number of likely N-dealkylation sites (N-methyl/N-ethyl adjacent to an activating group) is 1. The molecule has 4 nitrogen and oxygen atoms in total. The van der Waals surface area contributed by atoms with Gasteiger partial charge >= 0.3 is 5.97 Å². The molecule has 0 fully saturated rings. The van der Waals surface area contributed by atoms with Gasteiger partial charge in [0, 0.05) is 28.0 Å². The van der Waals surface area contributed by atoms with Crippen molar-refractivity contribution in [2.45, 2.75) is 33.0 Å². The zero-order valence-electron chi connectivity index (χ0n) is 18.5. The Labute approximate surface area is 187 Å². The van der Waals surface area contributed by atoms with Gasteiger partial charge in [-0.25, -0.2) is 4.39 Å². The zero-order valence-corrected chi connectivity index (χ0v) is 19.3. The molecule has 0 atom stereocenters. The fourth-order valence-corrected chi connectivity index (χ4v) is 4.43. The maximum absolute atomic E-state index is 13.3. The molecule has 0 bridgehead atoms. The fourth-order valence-electron chi connectivity index (χ4n) is 3.42. The van der Waals surface area contributed by atoms with Crippen molar-refractivity contribution in [2.24, 2.45) is 0 Å². The van der Waals surface area contributed by atoms with Crippen molar-refractivity contribution in [1.82, 2.24) is 4.90 Å². The molecule has 164 valence electrons. The van der Waals surface area contributed by atoms with Crippen molar-refractivity contribution in [3.63, 3.8) is 0 Å². The van der Waals surface area contributed by atoms with Crippen LogP contribution in [-0.4, -0.2) is 37.6 Å². The normalized spacial score (nSPS) is 11.2. The molecule has 3 rings (SSSR count). The maximum Gasteiger partial charge on any atom is 0.319 e. The van der Waals surface area contributed by atoms with Gasteiger partial charge in [-0.2, -0.15) is 0 Å². The number of hydrogen-bond donors (Lipinski definition) is 0. The van der Waals surface area contributed by atoms with Crippen LogP contribution in [-0.2, 0) is 22.6 Å². The summed E-state index contributed by atoms with van der Waals surface area (Å²) in [4.78, 5) is 18.1. The molecule has 6 heteroatoms. The minimum Gasteiger partial charge on any atom is -0.468 e. The molecule has 3 aromatic rings. The lowest BCUT2D eigenvalue weighted by Crippen LogP contribution is -2.29. The monoisotopic (exact) mass is 440 g/mol. The van der Waals surface area contributed by atoms with Gasteiger partial charge in [0.15, 0.2) is 0 Å². The number of halogens is 1. The summed E-state index contributed by atoms with van der Waals surface area (Å²) in [6.07, 6.45) is 0. The number of rotatable bonds is 9. The maximum atomic E-state index is 13.3. The van der Waals surface area contributed by atoms with Crippen LogP contribution in [0.5, 0.6) is 0 Å². The first-order chi connectivity index (χ1) is 14.9. The molecule has 31 heavy (non-hydrogen) atoms. The summed E-state index contributed by atoms with van der Waals surface area (Å²) in [5.41, 5.74) is 3.34. The van der Waals surface area contributed by atoms with Crippen molar-refractivity contribution >= 4 is 23.0 Å². The Kier molecular flexibility index (Phi) is 7.82. The predicted octanol–water partition coefficient (Wildman–Crippen LogP) is 5.57. The molecule has 0 aliphatic carbocycles. The average molecular weight is 441 g/mol. The second-order valence-electron chi connectivity index (χ2n) is 7.91. The summed E-state index contributed by atoms with van der Waals surface area (Å²) < 4.78 is 18.0. The number of thiophene rings is 1. The van der Waals surface area contributed by atoms with E-state index in [1.54, 1.807) is 11.3 Å². The van der Waals surface area contributed by atoms with Gasteiger partial charge in [-0.3, -0.25) is 9.69 Å². The summed E-state index contributed by atoms with van der Waals surface area (Å²) in [5, 5.41) is 0. The summed E-state index contributed by atoms with van der Waals surface area (Å²) in [5.74, 6) is -0.452. The third kappa shape index (κ3) is 6.39. The number of carbonyl (C=O) groups excluding carboxylic acids is 1. The smallest absolute Gasteiger partial charge is 0.319 e. The first kappa shape index (κ1) is 23.0. The standard InChI is InChI=1S/C25H29FN2O2S/c1-18(2)28(22-11-9-21(26)10-12-22)16-23-13-14-24(31-23)20-7-5-19(6-8-20)15-27(3)17-25(29)30-4/h5-14,18H,15-17H2,1-4H3. The Hall–Kier alpha value is -2.70. The number of nitrogens with zero attached hydrogens (tertiary/aromatic N) is 2. The van der Waals surface area contributed by atoms with Crippen LogP contribution in [0.15, 0.2) is 60.7 Å². The Balaban J connectivity index is 1.67. The van der Waals surface area contributed by atoms with E-state index in [1.807, 2.05) is 24.1 Å². The van der Waals surface area contributed by atoms with E-state index in [0.717, 1.165) is 17.8 Å². The second-order valence-corrected chi connectivity index (χ2v) is 9.08. The number of carbonyl (C=O) groups is 1. The topological polar surface area (TPSA) is 32.8 Å². The highest BCUT2D eigenvalue weighted by molar-refractivity contribution is 7.15. The minimum atomic E-state index is -0.235. The fraction of sp³-hybridized carbons (Fsp3) is 0.320. The largest absolute Gasteiger partial charge is 0.468 e. The second kappa shape index (κ2) is 10.6. The number of esters is 1. The molecule has 0 aliphatic heterocycles. The SMILES string of the molecule is COC(=O)CN(C)Cc1ccc(-c2ccc(CN(c3ccc(F)cc3)C(C)C)s2)cc1. The quantitative estimate of drug-likeness (QED) is 0.407. The third-order valence-electron chi connectivity index (χ3n) is 5.09. The molecule has 2 aromatic carbocycles. The van der Waals surface area contributed by atoms with Crippen LogP contribution < -0.4 is 4.90 Å². The lowest BCUT2D eigenvalue weighted by molar-refractivity contribution is -0.141. The first-order valence-corrected chi connectivity index (χ1v) is 11.1. The lowest BCUT2D eigenvalue weighted by atomic mass is 10.1. The zero-order chi connectivity index (χ0) is 22.4. The van der Waals surface area contributed by atoms with Gasteiger partial charge in [-0.05, 0) is 68.4 Å². The molecule has 0 saturated heterocycles. The Morgan fingerprint density at radius 1 is 1.00 bits per heavy atom. The van der Waals surface area contributed by atoms with E-state index >= 15 is 0 Å². The highest BCUT2D eigenvalue weighted by Crippen LogP contribution is 2.31. The number of anilines is 1. The number of ether oxygens (including phenoxy) is 1. The highest BCUT2D eigenvalue weighted by atomic mass is 32.1. The molecule has 0 spiro atoms. The van der Waals surface area contributed by atoms with E-state index in [0.29, 0.717) is 12.6 Å². The van der Waals surface area contributed by atoms with E-state index in [1.165, 1.54) is 34.6 Å². The van der Waals surface area contributed by atoms with Gasteiger partial charge in [-0.15, -0.1) is 11.3 Å². The number of methoxy groups -OCH3 is 1. The highest BCUT2D eigenvalue weighted by Gasteiger charge is 2.14. The van der Waals surface area contributed by atoms with E-state index < -0.39 is 0 Å². The molecule has 1 aromatic heterocycles. The van der Waals surface area contributed by atoms with Gasteiger partial charge in [0.25, 0.3) is 0 Å². The van der Waals surface area contributed by atoms with E-state index in [4.69, 9.17) is 4.74 Å². The minimum absolute atomic E-state index is 0.217. The van der Waals surface area contributed by atoms with Crippen molar-refractivity contribution < 1.29 is 13.9 Å². The molecule has 0 radical (unpaired) electrons. The van der Waals surface area contributed by atoms with Crippen LogP contribution in [0.2, 0.25) is 0 Å². The van der Waals surface area contributed by atoms with Crippen LogP contribution in [0, 0.1) is 5.82 Å². The molecule has 0 aliphatic rings. The lowest BCUT2D eigenvalue weighted by Gasteiger charge is -2.28. The van der Waals surface area contributed by atoms with Crippen LogP contribution in [0.1, 0.15) is 24.3 Å². The Morgan fingerprint density at radius 3 is 2.29 bits per heavy atom. The number of benzene rings is 2. The molecular weight excluding hydrogens is 411 g/mol. The molecule has 0 saturated carbocycles. The number of hydrogen-bond acceptors (Lipinski definition) is 5. The van der Waals surface area contributed by atoms with Gasteiger partial charge in [0.2, 0.25) is 0 Å². The molecule has 0 unspecified atom stereocenters. The average Bonchev–Trinajstić information content (AvgIpc) is 3.21. The molecule has 1 heterocycles. The summed E-state index contributed by atoms with van der Waals surface area (Å²) in [6, 6.07) is 19.7. The summed E-state index contributed by atoms with van der Waals surface area (Å²) >= 11 is 1.77. The van der Waals surface area contributed by atoms with Gasteiger partial charge < -0.3 is 9.64 Å². The molecular formula is C25H29FN2O2S. The van der Waals surface area contributed by atoms with Crippen LogP contribution in [0.25, 0.3) is 10.4 Å². The molecule has 0 N–H and O–H groups in total. The summed E-state index contributed by atoms with van der Waals surface area (Å²) in [6.45, 7) is 6.03. The Bertz CT molecular complexity index is 984. The summed E-state index contributed by atoms with van der Waals surface area (Å²) in [7, 11) is 3.30. The van der Waals surface area contributed by atoms with Gasteiger partial charge in [-0.1, -0.05) is 24.3 Å². The Morgan fingerprint density at radius 2 is 1.68 bits per heavy atom. The third-order valence-corrected chi connectivity index (χ3v) is 6.21. The van der Waals surface area contributed by atoms with Crippen LogP contribution >= 0.6 is 11.3 Å². The van der Waals surface area contributed by atoms with Gasteiger partial charge in [0.1, 0.15) is 5.82 Å². The van der Waals surface area contributed by atoms with Crippen molar-refractivity contribution in [2.75, 3.05) is 25.6 Å².